The molecule has 3 aliphatic carbocycles. The molecule has 5 N–H and O–H groups in total. The Bertz CT molecular complexity index is 1520. The van der Waals surface area contributed by atoms with Crippen molar-refractivity contribution in [3.05, 3.63) is 72.2 Å². The van der Waals surface area contributed by atoms with Crippen LogP contribution >= 0.6 is 0 Å². The van der Waals surface area contributed by atoms with Gasteiger partial charge in [0.05, 0.1) is 11.9 Å². The van der Waals surface area contributed by atoms with Crippen molar-refractivity contribution in [3.8, 4) is 0 Å². The Morgan fingerprint density at radius 3 is 2.16 bits per heavy atom. The second-order valence-electron chi connectivity index (χ2n) is 18.9. The van der Waals surface area contributed by atoms with Gasteiger partial charge in [0.15, 0.2) is 0 Å². The molecular weight excluding hydrogens is 685 g/mol. The summed E-state index contributed by atoms with van der Waals surface area (Å²) in [6.07, 6.45) is 14.6. The normalized spacial score (nSPS) is 23.6. The average molecular weight is 759 g/mol. The second-order valence-corrected chi connectivity index (χ2v) is 18.9. The van der Waals surface area contributed by atoms with Crippen LogP contribution in [0.1, 0.15) is 114 Å². The lowest BCUT2D eigenvalue weighted by atomic mass is 9.83. The first-order chi connectivity index (χ1) is 25.8. The number of hydrogen-bond donors (Lipinski definition) is 5. The minimum atomic E-state index is -0.640. The highest BCUT2D eigenvalue weighted by Crippen LogP contribution is 2.65. The van der Waals surface area contributed by atoms with Crippen LogP contribution in [0.3, 0.4) is 0 Å². The number of nitrogens with one attached hydrogen (secondary N) is 5. The molecule has 5 unspecified atom stereocenters. The van der Waals surface area contributed by atoms with Crippen LogP contribution in [0.5, 0.6) is 0 Å². The summed E-state index contributed by atoms with van der Waals surface area (Å²) in [5.74, 6) is 0.555. The Hall–Kier alpha value is -3.59. The molecule has 1 saturated heterocycles. The first-order valence-corrected chi connectivity index (χ1v) is 21.0. The Labute approximate surface area is 333 Å². The summed E-state index contributed by atoms with van der Waals surface area (Å²) in [7, 11) is 0. The number of likely N-dealkylation sites (tertiary alicyclic amines) is 1. The van der Waals surface area contributed by atoms with Crippen LogP contribution in [0.15, 0.2) is 72.2 Å². The third kappa shape index (κ3) is 11.0. The van der Waals surface area contributed by atoms with E-state index in [1.54, 1.807) is 0 Å². The molecule has 0 radical (unpaired) electrons. The summed E-state index contributed by atoms with van der Waals surface area (Å²) in [4.78, 5) is 44.4. The first-order valence-electron chi connectivity index (χ1n) is 21.0. The Morgan fingerprint density at radius 1 is 0.964 bits per heavy atom. The molecule has 9 nitrogen and oxygen atoms in total. The van der Waals surface area contributed by atoms with Gasteiger partial charge in [0, 0.05) is 37.3 Å². The smallest absolute Gasteiger partial charge is 0.248 e. The summed E-state index contributed by atoms with van der Waals surface area (Å²) in [6.45, 7) is 36.2. The van der Waals surface area contributed by atoms with E-state index in [1.165, 1.54) is 16.7 Å². The molecule has 0 bridgehead atoms. The van der Waals surface area contributed by atoms with Crippen LogP contribution in [0.4, 0.5) is 0 Å². The van der Waals surface area contributed by atoms with Gasteiger partial charge in [-0.25, -0.2) is 0 Å². The van der Waals surface area contributed by atoms with Crippen LogP contribution in [-0.4, -0.2) is 72.5 Å². The van der Waals surface area contributed by atoms with E-state index in [0.29, 0.717) is 36.9 Å². The fraction of sp³-hybridized carbons (Fsp3) is 0.674. The van der Waals surface area contributed by atoms with Gasteiger partial charge in [0.1, 0.15) is 12.1 Å². The van der Waals surface area contributed by atoms with Crippen LogP contribution < -0.4 is 26.6 Å². The van der Waals surface area contributed by atoms with Crippen LogP contribution in [0, 0.1) is 34.5 Å². The first kappa shape index (κ1) is 44.1. The molecule has 7 atom stereocenters. The summed E-state index contributed by atoms with van der Waals surface area (Å²) >= 11 is 0. The van der Waals surface area contributed by atoms with E-state index < -0.39 is 18.1 Å². The van der Waals surface area contributed by atoms with E-state index in [0.717, 1.165) is 45.1 Å². The molecule has 9 heteroatoms. The van der Waals surface area contributed by atoms with Gasteiger partial charge in [-0.1, -0.05) is 105 Å². The SMILES string of the molecule is C=C(CCC(NC(=C)NC(C(=O)N1C[C@H]2[C@@H](C1C(=O)NC(CC(C)C)C(=C)C(=O)NCC)C2(C)C)C1CC2=C(C=CCC=C2)C1)C(C)(C)C)CNC(C)CC. The molecular formula is C46H74N6O3. The molecule has 306 valence electrons. The third-order valence-corrected chi connectivity index (χ3v) is 12.7. The van der Waals surface area contributed by atoms with Gasteiger partial charge < -0.3 is 31.5 Å². The highest BCUT2D eigenvalue weighted by Gasteiger charge is 2.69. The van der Waals surface area contributed by atoms with Crippen LogP contribution in [0.2, 0.25) is 0 Å². The highest BCUT2D eigenvalue weighted by atomic mass is 16.2. The van der Waals surface area contributed by atoms with E-state index in [9.17, 15) is 9.59 Å². The minimum absolute atomic E-state index is 0.0113. The number of fused-ring (bicyclic) bond motifs is 1. The fourth-order valence-electron chi connectivity index (χ4n) is 8.87. The molecule has 0 spiro atoms. The van der Waals surface area contributed by atoms with Crippen molar-refractivity contribution in [2.24, 2.45) is 34.5 Å². The molecule has 0 aromatic carbocycles. The Morgan fingerprint density at radius 2 is 1.60 bits per heavy atom. The van der Waals surface area contributed by atoms with Crippen molar-refractivity contribution < 1.29 is 14.4 Å². The lowest BCUT2D eigenvalue weighted by molar-refractivity contribution is -0.143. The van der Waals surface area contributed by atoms with Crippen molar-refractivity contribution in [3.63, 3.8) is 0 Å². The molecule has 0 aromatic heterocycles. The highest BCUT2D eigenvalue weighted by molar-refractivity contribution is 5.96. The molecule has 1 saturated carbocycles. The van der Waals surface area contributed by atoms with Gasteiger partial charge in [-0.05, 0) is 104 Å². The average Bonchev–Trinajstić information content (AvgIpc) is 3.37. The van der Waals surface area contributed by atoms with Crippen molar-refractivity contribution in [2.45, 2.75) is 144 Å². The number of rotatable bonds is 20. The van der Waals surface area contributed by atoms with Gasteiger partial charge in [-0.2, -0.15) is 0 Å². The topological polar surface area (TPSA) is 115 Å². The molecule has 1 heterocycles. The van der Waals surface area contributed by atoms with Gasteiger partial charge in [0.2, 0.25) is 17.7 Å². The number of carbonyl (C=O) groups excluding carboxylic acids is 3. The Balaban J connectivity index is 1.58. The molecule has 0 aromatic rings. The fourth-order valence-corrected chi connectivity index (χ4v) is 8.87. The number of likely N-dealkylation sites (N-methyl/N-ethyl adjacent to an activating group) is 1. The van der Waals surface area contributed by atoms with E-state index in [-0.39, 0.29) is 58.3 Å². The van der Waals surface area contributed by atoms with Gasteiger partial charge in [-0.3, -0.25) is 14.4 Å². The number of hydrogen-bond acceptors (Lipinski definition) is 6. The van der Waals surface area contributed by atoms with E-state index in [2.05, 4.69) is 133 Å². The van der Waals surface area contributed by atoms with Crippen LogP contribution in [0.25, 0.3) is 0 Å². The lowest BCUT2D eigenvalue weighted by Crippen LogP contribution is -2.58. The van der Waals surface area contributed by atoms with Crippen molar-refractivity contribution in [1.29, 1.82) is 0 Å². The molecule has 4 rings (SSSR count). The largest absolute Gasteiger partial charge is 0.369 e. The van der Waals surface area contributed by atoms with Crippen LogP contribution in [-0.2, 0) is 14.4 Å². The standard InChI is InChI=1S/C46H74N6O3/c1-14-30(6)48-26-29(5)21-22-38(45(9,10)11)49-32(8)50-40(35-24-33-19-17-16-18-20-34(33)25-35)44(55)52-27-36-39(46(36,12)13)41(52)43(54)51-37(23-28(3)4)31(7)42(53)47-15-2/h17-20,28,30,35-41,48-50H,5,7-8,14-16,21-27H2,1-4,6,9-13H3,(H,47,53)(H,51,54)/t30?,36-,37?,38?,39-,40?,41?/m0/s1. The molecule has 3 amide bonds. The predicted molar refractivity (Wildman–Crippen MR) is 227 cm³/mol. The zero-order valence-electron chi connectivity index (χ0n) is 35.9. The van der Waals surface area contributed by atoms with E-state index in [4.69, 9.17) is 0 Å². The second kappa shape index (κ2) is 18.6. The van der Waals surface area contributed by atoms with E-state index >= 15 is 4.79 Å². The molecule has 4 aliphatic rings. The quantitative estimate of drug-likeness (QED) is 0.0671. The van der Waals surface area contributed by atoms with Crippen molar-refractivity contribution in [2.75, 3.05) is 19.6 Å². The number of allylic oxidation sites excluding steroid dienone is 6. The van der Waals surface area contributed by atoms with Gasteiger partial charge in [0.25, 0.3) is 0 Å². The minimum Gasteiger partial charge on any atom is -0.369 e. The zero-order chi connectivity index (χ0) is 40.8. The van der Waals surface area contributed by atoms with E-state index in [1.807, 2.05) is 11.8 Å². The zero-order valence-corrected chi connectivity index (χ0v) is 35.9. The third-order valence-electron chi connectivity index (χ3n) is 12.7. The molecule has 2 fully saturated rings. The maximum Gasteiger partial charge on any atom is 0.248 e. The van der Waals surface area contributed by atoms with Crippen molar-refractivity contribution >= 4 is 17.7 Å². The number of nitrogens with zero attached hydrogens (tertiary/aromatic N) is 1. The maximum atomic E-state index is 15.1. The monoisotopic (exact) mass is 759 g/mol. The number of amides is 3. The predicted octanol–water partition coefficient (Wildman–Crippen LogP) is 7.07. The molecule has 55 heavy (non-hydrogen) atoms. The van der Waals surface area contributed by atoms with Gasteiger partial charge in [-0.15, -0.1) is 0 Å². The summed E-state index contributed by atoms with van der Waals surface area (Å²) < 4.78 is 0. The van der Waals surface area contributed by atoms with Crippen molar-refractivity contribution in [1.82, 2.24) is 31.5 Å². The number of piperidine rings is 1. The van der Waals surface area contributed by atoms with Gasteiger partial charge >= 0.3 is 0 Å². The summed E-state index contributed by atoms with van der Waals surface area (Å²) in [6, 6.07) is -1.22. The molecule has 1 aliphatic heterocycles. The number of carbonyl (C=O) groups is 3. The maximum absolute atomic E-state index is 15.1. The lowest BCUT2D eigenvalue weighted by Gasteiger charge is -2.38. The summed E-state index contributed by atoms with van der Waals surface area (Å²) in [5.41, 5.74) is 3.92. The summed E-state index contributed by atoms with van der Waals surface area (Å²) in [5, 5.41) is 16.9. The Kier molecular flexibility index (Phi) is 14.9.